The van der Waals surface area contributed by atoms with E-state index in [1.807, 2.05) is 48.5 Å². The quantitative estimate of drug-likeness (QED) is 0.829. The maximum absolute atomic E-state index is 5.78. The first-order chi connectivity index (χ1) is 9.35. The second-order valence-corrected chi connectivity index (χ2v) is 4.22. The number of benzene rings is 2. The summed E-state index contributed by atoms with van der Waals surface area (Å²) in [6, 6.07) is 16.0. The Morgan fingerprint density at radius 2 is 1.85 bits per heavy atom. The molecule has 0 heterocycles. The van der Waals surface area contributed by atoms with Crippen LogP contribution in [-0.2, 0) is 0 Å². The lowest BCUT2D eigenvalue weighted by molar-refractivity contribution is 0.314. The van der Waals surface area contributed by atoms with E-state index in [1.165, 1.54) is 0 Å². The lowest BCUT2D eigenvalue weighted by Crippen LogP contribution is -2.06. The van der Waals surface area contributed by atoms with Gasteiger partial charge < -0.3 is 15.2 Å². The fraction of sp³-hybridized carbons (Fsp3) is 0.250. The molecule has 20 heavy (non-hydrogen) atoms. The molecule has 0 saturated carbocycles. The van der Waals surface area contributed by atoms with Gasteiger partial charge in [0.05, 0.1) is 13.7 Å². The number of nitrogens with two attached hydrogens (primary N) is 1. The van der Waals surface area contributed by atoms with Crippen molar-refractivity contribution in [1.29, 1.82) is 0 Å². The maximum atomic E-state index is 5.78. The van der Waals surface area contributed by atoms with Crippen LogP contribution in [0.3, 0.4) is 0 Å². The molecule has 3 nitrogen and oxygen atoms in total. The van der Waals surface area contributed by atoms with Gasteiger partial charge in [-0.25, -0.2) is 0 Å². The minimum absolute atomic E-state index is 0. The molecule has 0 amide bonds. The molecule has 0 aliphatic carbocycles. The molecule has 4 heteroatoms. The summed E-state index contributed by atoms with van der Waals surface area (Å²) in [7, 11) is 1.67. The van der Waals surface area contributed by atoms with E-state index in [0.717, 1.165) is 29.0 Å². The van der Waals surface area contributed by atoms with Crippen molar-refractivity contribution in [1.82, 2.24) is 0 Å². The van der Waals surface area contributed by atoms with Crippen LogP contribution in [-0.4, -0.2) is 20.3 Å². The van der Waals surface area contributed by atoms with Gasteiger partial charge in [-0.2, -0.15) is 0 Å². The van der Waals surface area contributed by atoms with Crippen molar-refractivity contribution in [3.8, 4) is 22.6 Å². The van der Waals surface area contributed by atoms with Crippen molar-refractivity contribution in [2.45, 2.75) is 6.42 Å². The van der Waals surface area contributed by atoms with E-state index in [-0.39, 0.29) is 12.4 Å². The number of hydrogen-bond donors (Lipinski definition) is 1. The summed E-state index contributed by atoms with van der Waals surface area (Å²) >= 11 is 0. The fourth-order valence-electron chi connectivity index (χ4n) is 1.89. The van der Waals surface area contributed by atoms with E-state index < -0.39 is 0 Å². The summed E-state index contributed by atoms with van der Waals surface area (Å²) in [5.41, 5.74) is 7.64. The number of halogens is 1. The third-order valence-electron chi connectivity index (χ3n) is 2.87. The zero-order valence-electron chi connectivity index (χ0n) is 11.5. The highest BCUT2D eigenvalue weighted by Crippen LogP contribution is 2.31. The first kappa shape index (κ1) is 16.3. The highest BCUT2D eigenvalue weighted by atomic mass is 35.5. The molecule has 0 aromatic heterocycles. The average Bonchev–Trinajstić information content (AvgIpc) is 2.48. The Balaban J connectivity index is 0.00000200. The van der Waals surface area contributed by atoms with Crippen LogP contribution >= 0.6 is 12.4 Å². The zero-order chi connectivity index (χ0) is 13.5. The van der Waals surface area contributed by atoms with Gasteiger partial charge in [0.2, 0.25) is 0 Å². The molecule has 0 bridgehead atoms. The Morgan fingerprint density at radius 3 is 2.60 bits per heavy atom. The van der Waals surface area contributed by atoms with Crippen LogP contribution in [0.1, 0.15) is 6.42 Å². The van der Waals surface area contributed by atoms with Gasteiger partial charge in [-0.3, -0.25) is 0 Å². The molecule has 0 unspecified atom stereocenters. The van der Waals surface area contributed by atoms with Crippen LogP contribution in [0, 0.1) is 0 Å². The SMILES string of the molecule is COc1cccc(-c2ccccc2OCCCN)c1.Cl. The molecule has 0 spiro atoms. The molecule has 2 aromatic carbocycles. The van der Waals surface area contributed by atoms with Crippen molar-refractivity contribution in [2.24, 2.45) is 5.73 Å². The van der Waals surface area contributed by atoms with Crippen LogP contribution in [0.5, 0.6) is 11.5 Å². The average molecular weight is 294 g/mol. The Bertz CT molecular complexity index is 531. The van der Waals surface area contributed by atoms with Crippen LogP contribution in [0.4, 0.5) is 0 Å². The number of rotatable bonds is 6. The molecule has 0 atom stereocenters. The molecular weight excluding hydrogens is 274 g/mol. The molecule has 0 fully saturated rings. The van der Waals surface area contributed by atoms with E-state index in [9.17, 15) is 0 Å². The minimum atomic E-state index is 0. The largest absolute Gasteiger partial charge is 0.497 e. The fourth-order valence-corrected chi connectivity index (χ4v) is 1.89. The van der Waals surface area contributed by atoms with Gasteiger partial charge in [0, 0.05) is 5.56 Å². The van der Waals surface area contributed by atoms with Crippen molar-refractivity contribution in [3.63, 3.8) is 0 Å². The summed E-state index contributed by atoms with van der Waals surface area (Å²) in [5.74, 6) is 1.72. The first-order valence-corrected chi connectivity index (χ1v) is 6.41. The summed E-state index contributed by atoms with van der Waals surface area (Å²) in [5, 5.41) is 0. The van der Waals surface area contributed by atoms with Gasteiger partial charge in [-0.05, 0) is 36.7 Å². The molecule has 0 aliphatic heterocycles. The number of methoxy groups -OCH3 is 1. The van der Waals surface area contributed by atoms with Gasteiger partial charge in [0.15, 0.2) is 0 Å². The van der Waals surface area contributed by atoms with E-state index >= 15 is 0 Å². The molecule has 0 aliphatic rings. The number of ether oxygens (including phenoxy) is 2. The second kappa shape index (κ2) is 8.46. The topological polar surface area (TPSA) is 44.5 Å². The highest BCUT2D eigenvalue weighted by Gasteiger charge is 2.06. The van der Waals surface area contributed by atoms with Crippen LogP contribution < -0.4 is 15.2 Å². The van der Waals surface area contributed by atoms with Gasteiger partial charge in [0.1, 0.15) is 11.5 Å². The number of para-hydroxylation sites is 1. The van der Waals surface area contributed by atoms with E-state index in [4.69, 9.17) is 15.2 Å². The van der Waals surface area contributed by atoms with E-state index in [1.54, 1.807) is 7.11 Å². The Labute approximate surface area is 126 Å². The first-order valence-electron chi connectivity index (χ1n) is 6.41. The van der Waals surface area contributed by atoms with Crippen molar-refractivity contribution >= 4 is 12.4 Å². The van der Waals surface area contributed by atoms with E-state index in [0.29, 0.717) is 13.2 Å². The Hall–Kier alpha value is -1.71. The maximum Gasteiger partial charge on any atom is 0.127 e. The lowest BCUT2D eigenvalue weighted by atomic mass is 10.0. The zero-order valence-corrected chi connectivity index (χ0v) is 12.4. The Kier molecular flexibility index (Phi) is 6.91. The normalized spacial score (nSPS) is 9.70. The number of hydrogen-bond acceptors (Lipinski definition) is 3. The molecular formula is C16H20ClNO2. The monoisotopic (exact) mass is 293 g/mol. The summed E-state index contributed by atoms with van der Waals surface area (Å²) in [6.07, 6.45) is 0.854. The van der Waals surface area contributed by atoms with Gasteiger partial charge >= 0.3 is 0 Å². The van der Waals surface area contributed by atoms with Crippen LogP contribution in [0.25, 0.3) is 11.1 Å². The Morgan fingerprint density at radius 1 is 1.05 bits per heavy atom. The summed E-state index contributed by atoms with van der Waals surface area (Å²) < 4.78 is 11.0. The summed E-state index contributed by atoms with van der Waals surface area (Å²) in [4.78, 5) is 0. The molecule has 0 radical (unpaired) electrons. The molecule has 0 saturated heterocycles. The van der Waals surface area contributed by atoms with Gasteiger partial charge in [0.25, 0.3) is 0 Å². The molecule has 2 rings (SSSR count). The summed E-state index contributed by atoms with van der Waals surface area (Å²) in [6.45, 7) is 1.28. The van der Waals surface area contributed by atoms with Crippen molar-refractivity contribution < 1.29 is 9.47 Å². The highest BCUT2D eigenvalue weighted by molar-refractivity contribution is 5.85. The van der Waals surface area contributed by atoms with Crippen molar-refractivity contribution in [2.75, 3.05) is 20.3 Å². The minimum Gasteiger partial charge on any atom is -0.497 e. The standard InChI is InChI=1S/C16H19NO2.ClH/c1-18-14-7-4-6-13(12-14)15-8-2-3-9-16(15)19-11-5-10-17;/h2-4,6-9,12H,5,10-11,17H2,1H3;1H. The van der Waals surface area contributed by atoms with E-state index in [2.05, 4.69) is 0 Å². The second-order valence-electron chi connectivity index (χ2n) is 4.22. The predicted octanol–water partition coefficient (Wildman–Crippen LogP) is 3.51. The predicted molar refractivity (Wildman–Crippen MR) is 84.8 cm³/mol. The third-order valence-corrected chi connectivity index (χ3v) is 2.87. The van der Waals surface area contributed by atoms with Crippen molar-refractivity contribution in [3.05, 3.63) is 48.5 Å². The smallest absolute Gasteiger partial charge is 0.127 e. The lowest BCUT2D eigenvalue weighted by Gasteiger charge is -2.12. The van der Waals surface area contributed by atoms with Crippen LogP contribution in [0.2, 0.25) is 0 Å². The van der Waals surface area contributed by atoms with Gasteiger partial charge in [-0.1, -0.05) is 30.3 Å². The molecule has 108 valence electrons. The molecule has 2 aromatic rings. The van der Waals surface area contributed by atoms with Gasteiger partial charge in [-0.15, -0.1) is 12.4 Å². The molecule has 2 N–H and O–H groups in total. The third kappa shape index (κ3) is 4.15. The van der Waals surface area contributed by atoms with Crippen LogP contribution in [0.15, 0.2) is 48.5 Å².